The Morgan fingerprint density at radius 3 is 2.63 bits per heavy atom. The minimum atomic E-state index is 0.555. The van der Waals surface area contributed by atoms with E-state index in [-0.39, 0.29) is 0 Å². The fourth-order valence-corrected chi connectivity index (χ4v) is 3.99. The minimum Gasteiger partial charge on any atom is -0.378 e. The first-order valence-corrected chi connectivity index (χ1v) is 10.1. The van der Waals surface area contributed by atoms with Crippen LogP contribution in [-0.4, -0.2) is 62.3 Å². The van der Waals surface area contributed by atoms with Crippen molar-refractivity contribution in [1.29, 1.82) is 0 Å². The summed E-state index contributed by atoms with van der Waals surface area (Å²) in [6.45, 7) is 4.32. The normalized spacial score (nSPS) is 16.7. The lowest BCUT2D eigenvalue weighted by Gasteiger charge is -2.29. The molecule has 2 aliphatic heterocycles. The van der Waals surface area contributed by atoms with E-state index in [9.17, 15) is 0 Å². The van der Waals surface area contributed by atoms with Gasteiger partial charge >= 0.3 is 0 Å². The second-order valence-electron chi connectivity index (χ2n) is 7.46. The number of rotatable bonds is 3. The number of fused-ring (bicyclic) bond motifs is 2. The summed E-state index contributed by atoms with van der Waals surface area (Å²) in [6, 6.07) is 7.98. The van der Waals surface area contributed by atoms with Crippen LogP contribution < -0.4 is 4.90 Å². The van der Waals surface area contributed by atoms with Gasteiger partial charge in [-0.15, -0.1) is 0 Å². The Hall–Kier alpha value is -3.30. The number of nitrogens with zero attached hydrogens (tertiary/aromatic N) is 7. The fraction of sp³-hybridized carbons (Fsp3) is 0.333. The maximum atomic E-state index is 5.55. The second kappa shape index (κ2) is 7.19. The van der Waals surface area contributed by atoms with Gasteiger partial charge in [0.1, 0.15) is 5.82 Å². The van der Waals surface area contributed by atoms with Crippen molar-refractivity contribution in [2.45, 2.75) is 13.0 Å². The predicted octanol–water partition coefficient (Wildman–Crippen LogP) is 1.89. The predicted molar refractivity (Wildman–Crippen MR) is 110 cm³/mol. The van der Waals surface area contributed by atoms with Crippen LogP contribution in [-0.2, 0) is 22.5 Å². The molecule has 6 rings (SSSR count). The van der Waals surface area contributed by atoms with Crippen LogP contribution >= 0.6 is 0 Å². The minimum absolute atomic E-state index is 0.555. The Kier molecular flexibility index (Phi) is 4.21. The molecule has 2 aliphatic rings. The van der Waals surface area contributed by atoms with Gasteiger partial charge in [-0.1, -0.05) is 0 Å². The molecule has 0 N–H and O–H groups in total. The molecule has 0 amide bonds. The van der Waals surface area contributed by atoms with Crippen LogP contribution in [0, 0.1) is 0 Å². The molecule has 4 aromatic heterocycles. The molecule has 152 valence electrons. The van der Waals surface area contributed by atoms with Gasteiger partial charge in [-0.05, 0) is 24.1 Å². The van der Waals surface area contributed by atoms with Gasteiger partial charge in [0.2, 0.25) is 0 Å². The lowest BCUT2D eigenvalue weighted by Crippen LogP contribution is -2.37. The Balaban J connectivity index is 1.51. The highest BCUT2D eigenvalue weighted by atomic mass is 16.5. The zero-order valence-corrected chi connectivity index (χ0v) is 16.4. The first-order valence-electron chi connectivity index (χ1n) is 10.1. The van der Waals surface area contributed by atoms with E-state index in [1.54, 1.807) is 12.4 Å². The zero-order chi connectivity index (χ0) is 19.9. The summed E-state index contributed by atoms with van der Waals surface area (Å²) < 4.78 is 14.9. The van der Waals surface area contributed by atoms with Crippen molar-refractivity contribution >= 4 is 11.5 Å². The Labute approximate surface area is 172 Å². The van der Waals surface area contributed by atoms with E-state index in [2.05, 4.69) is 22.1 Å². The molecular formula is C21H21N7O2. The SMILES string of the molecule is c1cc(-c2cc3nc(-n4cc5c(n4)COCC5)cc(N4CCOCC4)n3n2)ccn1. The molecule has 4 aromatic rings. The number of pyridine rings is 1. The van der Waals surface area contributed by atoms with E-state index in [4.69, 9.17) is 24.7 Å². The molecule has 0 radical (unpaired) electrons. The first-order chi connectivity index (χ1) is 14.8. The highest BCUT2D eigenvalue weighted by Gasteiger charge is 2.21. The Bertz CT molecular complexity index is 1170. The molecule has 0 bridgehead atoms. The van der Waals surface area contributed by atoms with E-state index in [1.165, 1.54) is 5.56 Å². The number of morpholine rings is 1. The molecule has 1 saturated heterocycles. The third kappa shape index (κ3) is 3.03. The van der Waals surface area contributed by atoms with Gasteiger partial charge in [0.25, 0.3) is 0 Å². The zero-order valence-electron chi connectivity index (χ0n) is 16.4. The van der Waals surface area contributed by atoms with Crippen molar-refractivity contribution in [3.05, 3.63) is 54.1 Å². The number of ether oxygens (including phenoxy) is 2. The van der Waals surface area contributed by atoms with Crippen molar-refractivity contribution in [3.8, 4) is 17.1 Å². The maximum absolute atomic E-state index is 5.55. The lowest BCUT2D eigenvalue weighted by molar-refractivity contribution is 0.108. The largest absolute Gasteiger partial charge is 0.378 e. The van der Waals surface area contributed by atoms with Gasteiger partial charge < -0.3 is 14.4 Å². The van der Waals surface area contributed by atoms with Gasteiger partial charge in [0, 0.05) is 49.4 Å². The summed E-state index contributed by atoms with van der Waals surface area (Å²) in [7, 11) is 0. The summed E-state index contributed by atoms with van der Waals surface area (Å²) in [4.78, 5) is 11.3. The van der Waals surface area contributed by atoms with Gasteiger partial charge in [-0.25, -0.2) is 9.67 Å². The highest BCUT2D eigenvalue weighted by molar-refractivity contribution is 5.66. The first kappa shape index (κ1) is 17.5. The number of aromatic nitrogens is 6. The molecule has 6 heterocycles. The van der Waals surface area contributed by atoms with Crippen LogP contribution in [0.1, 0.15) is 11.3 Å². The third-order valence-corrected chi connectivity index (χ3v) is 5.57. The maximum Gasteiger partial charge on any atom is 0.160 e. The van der Waals surface area contributed by atoms with Crippen LogP contribution in [0.3, 0.4) is 0 Å². The molecule has 0 aliphatic carbocycles. The Morgan fingerprint density at radius 2 is 1.80 bits per heavy atom. The Morgan fingerprint density at radius 1 is 0.933 bits per heavy atom. The molecule has 1 fully saturated rings. The van der Waals surface area contributed by atoms with Crippen LogP contribution in [0.4, 0.5) is 5.82 Å². The molecule has 9 nitrogen and oxygen atoms in total. The van der Waals surface area contributed by atoms with Crippen molar-refractivity contribution in [3.63, 3.8) is 0 Å². The van der Waals surface area contributed by atoms with Crippen molar-refractivity contribution < 1.29 is 9.47 Å². The number of hydrogen-bond donors (Lipinski definition) is 0. The molecule has 0 unspecified atom stereocenters. The van der Waals surface area contributed by atoms with Crippen molar-refractivity contribution in [1.82, 2.24) is 29.4 Å². The lowest BCUT2D eigenvalue weighted by atomic mass is 10.2. The van der Waals surface area contributed by atoms with E-state index in [0.717, 1.165) is 60.4 Å². The fourth-order valence-electron chi connectivity index (χ4n) is 3.99. The molecular weight excluding hydrogens is 382 g/mol. The molecule has 9 heteroatoms. The average molecular weight is 403 g/mol. The van der Waals surface area contributed by atoms with Gasteiger partial charge in [0.05, 0.1) is 37.8 Å². The summed E-state index contributed by atoms with van der Waals surface area (Å²) in [6.07, 6.45) is 6.50. The van der Waals surface area contributed by atoms with Gasteiger partial charge in [-0.2, -0.15) is 14.7 Å². The van der Waals surface area contributed by atoms with E-state index in [1.807, 2.05) is 27.4 Å². The highest BCUT2D eigenvalue weighted by Crippen LogP contribution is 2.26. The van der Waals surface area contributed by atoms with Crippen LogP contribution in [0.15, 0.2) is 42.9 Å². The van der Waals surface area contributed by atoms with Crippen molar-refractivity contribution in [2.24, 2.45) is 0 Å². The standard InChI is InChI=1S/C21H21N7O2/c1-4-22-5-2-15(1)17-11-20-23-19(27-13-16-3-8-30-14-18(16)24-27)12-21(28(20)25-17)26-6-9-29-10-7-26/h1-2,4-5,11-13H,3,6-10,14H2. The second-order valence-corrected chi connectivity index (χ2v) is 7.46. The summed E-state index contributed by atoms with van der Waals surface area (Å²) in [5.41, 5.74) is 4.87. The van der Waals surface area contributed by atoms with Crippen LogP contribution in [0.25, 0.3) is 22.7 Å². The van der Waals surface area contributed by atoms with Gasteiger partial charge in [0.15, 0.2) is 11.5 Å². The number of anilines is 1. The molecule has 0 atom stereocenters. The van der Waals surface area contributed by atoms with E-state index >= 15 is 0 Å². The van der Waals surface area contributed by atoms with Crippen LogP contribution in [0.2, 0.25) is 0 Å². The monoisotopic (exact) mass is 403 g/mol. The molecule has 0 saturated carbocycles. The number of hydrogen-bond acceptors (Lipinski definition) is 7. The molecule has 0 aromatic carbocycles. The van der Waals surface area contributed by atoms with Crippen LogP contribution in [0.5, 0.6) is 0 Å². The molecule has 0 spiro atoms. The molecule has 30 heavy (non-hydrogen) atoms. The quantitative estimate of drug-likeness (QED) is 0.517. The average Bonchev–Trinajstić information content (AvgIpc) is 3.44. The third-order valence-electron chi connectivity index (χ3n) is 5.57. The summed E-state index contributed by atoms with van der Waals surface area (Å²) in [5, 5.41) is 9.58. The summed E-state index contributed by atoms with van der Waals surface area (Å²) in [5.74, 6) is 1.77. The van der Waals surface area contributed by atoms with Crippen molar-refractivity contribution in [2.75, 3.05) is 37.8 Å². The summed E-state index contributed by atoms with van der Waals surface area (Å²) >= 11 is 0. The van der Waals surface area contributed by atoms with Gasteiger partial charge in [-0.3, -0.25) is 4.98 Å². The topological polar surface area (TPSA) is 82.6 Å². The van der Waals surface area contributed by atoms with E-state index < -0.39 is 0 Å². The van der Waals surface area contributed by atoms with E-state index in [0.29, 0.717) is 19.8 Å². The smallest absolute Gasteiger partial charge is 0.160 e.